The van der Waals surface area contributed by atoms with Crippen molar-refractivity contribution in [3.05, 3.63) is 75.9 Å². The maximum atomic E-state index is 12.3. The molecule has 4 aromatic rings. The van der Waals surface area contributed by atoms with Crippen LogP contribution in [-0.2, 0) is 17.8 Å². The van der Waals surface area contributed by atoms with Crippen LogP contribution in [0.5, 0.6) is 0 Å². The highest BCUT2D eigenvalue weighted by molar-refractivity contribution is 7.18. The number of nitrogens with zero attached hydrogens (tertiary/aromatic N) is 2. The quantitative estimate of drug-likeness (QED) is 0.437. The summed E-state index contributed by atoms with van der Waals surface area (Å²) >= 11 is 7.28. The molecule has 0 saturated carbocycles. The molecule has 0 saturated heterocycles. The summed E-state index contributed by atoms with van der Waals surface area (Å²) in [6, 6.07) is 12.5. The molecule has 0 atom stereocenters. The van der Waals surface area contributed by atoms with Crippen molar-refractivity contribution in [2.24, 2.45) is 0 Å². The molecule has 9 heteroatoms. The fourth-order valence-electron chi connectivity index (χ4n) is 2.76. The molecule has 3 heterocycles. The van der Waals surface area contributed by atoms with Gasteiger partial charge in [-0.3, -0.25) is 19.7 Å². The van der Waals surface area contributed by atoms with E-state index in [1.165, 1.54) is 11.3 Å². The number of pyridine rings is 1. The van der Waals surface area contributed by atoms with Crippen LogP contribution in [-0.4, -0.2) is 27.0 Å². The lowest BCUT2D eigenvalue weighted by Crippen LogP contribution is -2.24. The molecule has 29 heavy (non-hydrogen) atoms. The van der Waals surface area contributed by atoms with Gasteiger partial charge in [0.1, 0.15) is 10.6 Å². The van der Waals surface area contributed by atoms with E-state index in [1.54, 1.807) is 36.7 Å². The van der Waals surface area contributed by atoms with Crippen molar-refractivity contribution in [3.63, 3.8) is 0 Å². The first-order valence-electron chi connectivity index (χ1n) is 8.78. The third-order valence-corrected chi connectivity index (χ3v) is 5.50. The number of aromatic amines is 1. The van der Waals surface area contributed by atoms with E-state index in [0.29, 0.717) is 22.9 Å². The van der Waals surface area contributed by atoms with Gasteiger partial charge in [-0.05, 0) is 35.9 Å². The van der Waals surface area contributed by atoms with Crippen LogP contribution in [0.25, 0.3) is 10.2 Å². The smallest absolute Gasteiger partial charge is 0.256 e. The van der Waals surface area contributed by atoms with Crippen LogP contribution in [0.1, 0.15) is 20.8 Å². The number of thiophene rings is 1. The lowest BCUT2D eigenvalue weighted by molar-refractivity contribution is -0.120. The molecular weight excluding hydrogens is 410 g/mol. The predicted molar refractivity (Wildman–Crippen MR) is 113 cm³/mol. The van der Waals surface area contributed by atoms with Crippen LogP contribution >= 0.6 is 22.9 Å². The summed E-state index contributed by atoms with van der Waals surface area (Å²) in [7, 11) is 0. The summed E-state index contributed by atoms with van der Waals surface area (Å²) in [4.78, 5) is 30.1. The fraction of sp³-hybridized carbons (Fsp3) is 0.100. The highest BCUT2D eigenvalue weighted by Gasteiger charge is 2.15. The van der Waals surface area contributed by atoms with Crippen LogP contribution in [0.2, 0.25) is 5.02 Å². The number of amides is 2. The molecule has 1 aromatic carbocycles. The van der Waals surface area contributed by atoms with E-state index in [2.05, 4.69) is 25.8 Å². The summed E-state index contributed by atoms with van der Waals surface area (Å²) in [5.74, 6) is 0.160. The normalized spacial score (nSPS) is 10.8. The van der Waals surface area contributed by atoms with Crippen LogP contribution in [0.15, 0.2) is 54.9 Å². The minimum absolute atomic E-state index is 0.0878. The van der Waals surface area contributed by atoms with Gasteiger partial charge in [-0.2, -0.15) is 5.10 Å². The number of halogens is 1. The van der Waals surface area contributed by atoms with E-state index in [9.17, 15) is 9.59 Å². The van der Waals surface area contributed by atoms with Crippen molar-refractivity contribution >= 4 is 50.8 Å². The number of hydrogen-bond acceptors (Lipinski definition) is 5. The van der Waals surface area contributed by atoms with Crippen LogP contribution in [0.4, 0.5) is 5.82 Å². The fourth-order valence-corrected chi connectivity index (χ4v) is 3.87. The van der Waals surface area contributed by atoms with Crippen molar-refractivity contribution in [1.29, 1.82) is 0 Å². The number of hydrogen-bond donors (Lipinski definition) is 3. The van der Waals surface area contributed by atoms with Gasteiger partial charge >= 0.3 is 0 Å². The molecule has 3 aromatic heterocycles. The molecular formula is C20H16ClN5O2S. The third-order valence-electron chi connectivity index (χ3n) is 4.22. The van der Waals surface area contributed by atoms with Crippen molar-refractivity contribution in [2.45, 2.75) is 13.0 Å². The molecule has 0 radical (unpaired) electrons. The summed E-state index contributed by atoms with van der Waals surface area (Å²) in [6.07, 6.45) is 3.36. The molecule has 3 N–H and O–H groups in total. The SMILES string of the molecule is O=C(Cc1cc2c(NC(=O)c3ccncc3)[nH]nc2s1)NCc1ccc(Cl)cc1. The number of anilines is 1. The maximum Gasteiger partial charge on any atom is 0.256 e. The molecule has 7 nitrogen and oxygen atoms in total. The van der Waals surface area contributed by atoms with Crippen LogP contribution in [0.3, 0.4) is 0 Å². The number of carbonyl (C=O) groups excluding carboxylic acids is 2. The standard InChI is InChI=1S/C20H16ClN5O2S/c21-14-3-1-12(2-4-14)11-23-17(27)10-15-9-16-18(25-26-20(16)29-15)24-19(28)13-5-7-22-8-6-13/h1-9H,10-11H2,(H,23,27)(H2,24,25,26,28). The van der Waals surface area contributed by atoms with Crippen LogP contribution in [0, 0.1) is 0 Å². The second-order valence-electron chi connectivity index (χ2n) is 6.30. The maximum absolute atomic E-state index is 12.3. The molecule has 0 bridgehead atoms. The van der Waals surface area contributed by atoms with Gasteiger partial charge in [0.05, 0.1) is 11.8 Å². The lowest BCUT2D eigenvalue weighted by Gasteiger charge is -2.04. The third kappa shape index (κ3) is 4.61. The number of nitrogens with one attached hydrogen (secondary N) is 3. The van der Waals surface area contributed by atoms with E-state index in [0.717, 1.165) is 20.7 Å². The molecule has 0 unspecified atom stereocenters. The zero-order chi connectivity index (χ0) is 20.2. The Morgan fingerprint density at radius 3 is 2.62 bits per heavy atom. The minimum atomic E-state index is -0.258. The number of fused-ring (bicyclic) bond motifs is 1. The van der Waals surface area contributed by atoms with E-state index >= 15 is 0 Å². The molecule has 4 rings (SSSR count). The van der Waals surface area contributed by atoms with E-state index in [4.69, 9.17) is 11.6 Å². The van der Waals surface area contributed by atoms with Gasteiger partial charge in [0.25, 0.3) is 5.91 Å². The lowest BCUT2D eigenvalue weighted by atomic mass is 10.2. The topological polar surface area (TPSA) is 99.8 Å². The average Bonchev–Trinajstić information content (AvgIpc) is 3.29. The second kappa shape index (κ2) is 8.42. The number of rotatable bonds is 6. The molecule has 0 aliphatic carbocycles. The van der Waals surface area contributed by atoms with Crippen molar-refractivity contribution in [2.75, 3.05) is 5.32 Å². The zero-order valence-corrected chi connectivity index (χ0v) is 16.7. The van der Waals surface area contributed by atoms with Gasteiger partial charge in [-0.1, -0.05) is 23.7 Å². The van der Waals surface area contributed by atoms with Gasteiger partial charge in [0.15, 0.2) is 0 Å². The average molecular weight is 426 g/mol. The van der Waals surface area contributed by atoms with Gasteiger partial charge in [0, 0.05) is 34.4 Å². The highest BCUT2D eigenvalue weighted by atomic mass is 35.5. The Morgan fingerprint density at radius 2 is 1.86 bits per heavy atom. The Bertz CT molecular complexity index is 1150. The monoisotopic (exact) mass is 425 g/mol. The second-order valence-corrected chi connectivity index (χ2v) is 7.85. The predicted octanol–water partition coefficient (Wildman–Crippen LogP) is 3.78. The van der Waals surface area contributed by atoms with Gasteiger partial charge < -0.3 is 10.6 Å². The van der Waals surface area contributed by atoms with E-state index in [1.807, 2.05) is 18.2 Å². The molecule has 0 spiro atoms. The summed E-state index contributed by atoms with van der Waals surface area (Å²) in [5.41, 5.74) is 1.48. The Morgan fingerprint density at radius 1 is 1.10 bits per heavy atom. The van der Waals surface area contributed by atoms with Crippen molar-refractivity contribution in [1.82, 2.24) is 20.5 Å². The van der Waals surface area contributed by atoms with Crippen molar-refractivity contribution < 1.29 is 9.59 Å². The summed E-state index contributed by atoms with van der Waals surface area (Å²) in [5, 5.41) is 14.2. The molecule has 0 aliphatic rings. The Balaban J connectivity index is 1.39. The number of benzene rings is 1. The van der Waals surface area contributed by atoms with Gasteiger partial charge in [-0.15, -0.1) is 11.3 Å². The first kappa shape index (κ1) is 19.1. The number of aromatic nitrogens is 3. The first-order chi connectivity index (χ1) is 14.1. The molecule has 0 aliphatic heterocycles. The molecule has 0 fully saturated rings. The van der Waals surface area contributed by atoms with E-state index in [-0.39, 0.29) is 18.2 Å². The summed E-state index contributed by atoms with van der Waals surface area (Å²) in [6.45, 7) is 0.437. The Labute approximate surface area is 175 Å². The van der Waals surface area contributed by atoms with Crippen molar-refractivity contribution in [3.8, 4) is 0 Å². The van der Waals surface area contributed by atoms with Gasteiger partial charge in [0.2, 0.25) is 5.91 Å². The highest BCUT2D eigenvalue weighted by Crippen LogP contribution is 2.29. The zero-order valence-electron chi connectivity index (χ0n) is 15.1. The van der Waals surface area contributed by atoms with E-state index < -0.39 is 0 Å². The first-order valence-corrected chi connectivity index (χ1v) is 9.97. The van der Waals surface area contributed by atoms with Crippen LogP contribution < -0.4 is 10.6 Å². The summed E-state index contributed by atoms with van der Waals surface area (Å²) < 4.78 is 0. The number of carbonyl (C=O) groups is 2. The molecule has 146 valence electrons. The Hall–Kier alpha value is -3.23. The van der Waals surface area contributed by atoms with Gasteiger partial charge in [-0.25, -0.2) is 0 Å². The largest absolute Gasteiger partial charge is 0.352 e. The molecule has 2 amide bonds. The Kier molecular flexibility index (Phi) is 5.55. The number of H-pyrrole nitrogens is 1. The minimum Gasteiger partial charge on any atom is -0.352 e.